The van der Waals surface area contributed by atoms with E-state index in [9.17, 15) is 17.6 Å². The fourth-order valence-electron chi connectivity index (χ4n) is 5.69. The largest absolute Gasteiger partial charge is 0.239 e. The molecule has 164 valence electrons. The molecule has 0 radical (unpaired) electrons. The zero-order valence-corrected chi connectivity index (χ0v) is 17.9. The summed E-state index contributed by atoms with van der Waals surface area (Å²) < 4.78 is 58.4. The zero-order chi connectivity index (χ0) is 21.4. The van der Waals surface area contributed by atoms with E-state index in [1.54, 1.807) is 31.2 Å². The highest BCUT2D eigenvalue weighted by molar-refractivity contribution is 5.34. The molecule has 4 rings (SSSR count). The average molecular weight is 421 g/mol. The summed E-state index contributed by atoms with van der Waals surface area (Å²) >= 11 is 0. The molecule has 2 unspecified atom stereocenters. The van der Waals surface area contributed by atoms with Gasteiger partial charge in [0.1, 0.15) is 0 Å². The third-order valence-electron chi connectivity index (χ3n) is 7.79. The first kappa shape index (κ1) is 21.6. The second-order valence-corrected chi connectivity index (χ2v) is 9.76. The van der Waals surface area contributed by atoms with Gasteiger partial charge in [-0.1, -0.05) is 44.1 Å². The highest BCUT2D eigenvalue weighted by Gasteiger charge is 2.36. The van der Waals surface area contributed by atoms with Crippen molar-refractivity contribution in [3.05, 3.63) is 58.2 Å². The molecular formula is C26H32F4. The molecule has 0 nitrogen and oxygen atoms in total. The lowest BCUT2D eigenvalue weighted by Gasteiger charge is -2.34. The van der Waals surface area contributed by atoms with E-state index in [1.807, 2.05) is 0 Å². The monoisotopic (exact) mass is 420 g/mol. The van der Waals surface area contributed by atoms with E-state index < -0.39 is 24.0 Å². The topological polar surface area (TPSA) is 0 Å². The Labute approximate surface area is 177 Å². The van der Waals surface area contributed by atoms with Crippen LogP contribution in [0.4, 0.5) is 17.6 Å². The van der Waals surface area contributed by atoms with Gasteiger partial charge in [0.2, 0.25) is 0 Å². The Bertz CT molecular complexity index is 824. The van der Waals surface area contributed by atoms with E-state index in [-0.39, 0.29) is 17.8 Å². The van der Waals surface area contributed by atoms with E-state index in [4.69, 9.17) is 0 Å². The molecular weight excluding hydrogens is 388 g/mol. The summed E-state index contributed by atoms with van der Waals surface area (Å²) in [6, 6.07) is 3.57. The molecule has 2 atom stereocenters. The molecule has 3 aliphatic rings. The number of halogens is 4. The van der Waals surface area contributed by atoms with Crippen molar-refractivity contribution in [2.24, 2.45) is 11.8 Å². The van der Waals surface area contributed by atoms with Gasteiger partial charge < -0.3 is 0 Å². The molecule has 4 heteroatoms. The van der Waals surface area contributed by atoms with Gasteiger partial charge in [0.25, 0.3) is 0 Å². The van der Waals surface area contributed by atoms with Gasteiger partial charge in [-0.15, -0.1) is 0 Å². The first-order chi connectivity index (χ1) is 14.4. The third-order valence-corrected chi connectivity index (χ3v) is 7.79. The minimum absolute atomic E-state index is 0.0183. The number of alkyl halides is 2. The van der Waals surface area contributed by atoms with Gasteiger partial charge in [-0.25, -0.2) is 17.6 Å². The Hall–Kier alpha value is -1.58. The second kappa shape index (κ2) is 8.88. The van der Waals surface area contributed by atoms with Crippen LogP contribution < -0.4 is 0 Å². The number of allylic oxidation sites excluding steroid dienone is 4. The molecule has 0 heterocycles. The second-order valence-electron chi connectivity index (χ2n) is 9.76. The number of hydrogen-bond acceptors (Lipinski definition) is 0. The SMILES string of the molecule is CC1=CC=C(C2CCC(c3ccc(C4CCC(C)CC4)c(F)c3F)CC2)C(F)C1F. The molecule has 0 saturated heterocycles. The van der Waals surface area contributed by atoms with Crippen LogP contribution in [-0.2, 0) is 0 Å². The summed E-state index contributed by atoms with van der Waals surface area (Å²) in [6.07, 6.45) is 6.93. The molecule has 30 heavy (non-hydrogen) atoms. The van der Waals surface area contributed by atoms with Crippen LogP contribution in [0, 0.1) is 23.5 Å². The van der Waals surface area contributed by atoms with Crippen LogP contribution >= 0.6 is 0 Å². The maximum Gasteiger partial charge on any atom is 0.162 e. The highest BCUT2D eigenvalue weighted by atomic mass is 19.2. The zero-order valence-electron chi connectivity index (χ0n) is 17.9. The van der Waals surface area contributed by atoms with Crippen molar-refractivity contribution >= 4 is 0 Å². The number of benzene rings is 1. The molecule has 3 aliphatic carbocycles. The summed E-state index contributed by atoms with van der Waals surface area (Å²) in [5, 5.41) is 0. The van der Waals surface area contributed by atoms with Crippen molar-refractivity contribution in [3.63, 3.8) is 0 Å². The van der Waals surface area contributed by atoms with Crippen LogP contribution in [-0.4, -0.2) is 12.3 Å². The molecule has 2 saturated carbocycles. The van der Waals surface area contributed by atoms with Gasteiger partial charge in [0.15, 0.2) is 24.0 Å². The quantitative estimate of drug-likeness (QED) is 0.433. The lowest BCUT2D eigenvalue weighted by Crippen LogP contribution is -2.29. The molecule has 0 spiro atoms. The van der Waals surface area contributed by atoms with E-state index >= 15 is 0 Å². The van der Waals surface area contributed by atoms with Gasteiger partial charge in [-0.05, 0) is 91.4 Å². The third kappa shape index (κ3) is 4.11. The van der Waals surface area contributed by atoms with Crippen LogP contribution in [0.15, 0.2) is 35.4 Å². The standard InChI is InChI=1S/C26H32F4/c1-15-3-6-17(7-4-15)21-13-14-22(26(30)25(21)29)19-10-8-18(9-11-19)20-12-5-16(2)23(27)24(20)28/h5,12-15,17-19,23-24H,3-4,6-11H2,1-2H3. The van der Waals surface area contributed by atoms with Gasteiger partial charge in [-0.2, -0.15) is 0 Å². The van der Waals surface area contributed by atoms with Crippen LogP contribution in [0.5, 0.6) is 0 Å². The summed E-state index contributed by atoms with van der Waals surface area (Å²) in [7, 11) is 0. The molecule has 0 aliphatic heterocycles. The Morgan fingerprint density at radius 3 is 1.67 bits per heavy atom. The van der Waals surface area contributed by atoms with E-state index in [0.29, 0.717) is 53.9 Å². The molecule has 1 aromatic carbocycles. The van der Waals surface area contributed by atoms with Gasteiger partial charge in [0.05, 0.1) is 0 Å². The van der Waals surface area contributed by atoms with Crippen LogP contribution in [0.25, 0.3) is 0 Å². The fourth-order valence-corrected chi connectivity index (χ4v) is 5.69. The van der Waals surface area contributed by atoms with Gasteiger partial charge in [0, 0.05) is 0 Å². The van der Waals surface area contributed by atoms with E-state index in [2.05, 4.69) is 6.92 Å². The maximum absolute atomic E-state index is 15.0. The van der Waals surface area contributed by atoms with Crippen LogP contribution in [0.2, 0.25) is 0 Å². The summed E-state index contributed by atoms with van der Waals surface area (Å²) in [4.78, 5) is 0. The number of hydrogen-bond donors (Lipinski definition) is 0. The van der Waals surface area contributed by atoms with Crippen molar-refractivity contribution in [2.45, 2.75) is 89.4 Å². The van der Waals surface area contributed by atoms with E-state index in [0.717, 1.165) is 25.7 Å². The fraction of sp³-hybridized carbons (Fsp3) is 0.615. The van der Waals surface area contributed by atoms with Crippen molar-refractivity contribution in [1.29, 1.82) is 0 Å². The Kier molecular flexibility index (Phi) is 6.41. The van der Waals surface area contributed by atoms with Crippen LogP contribution in [0.3, 0.4) is 0 Å². The minimum Gasteiger partial charge on any atom is -0.239 e. The van der Waals surface area contributed by atoms with Gasteiger partial charge >= 0.3 is 0 Å². The summed E-state index contributed by atoms with van der Waals surface area (Å²) in [5.74, 6) is -0.664. The molecule has 1 aromatic rings. The molecule has 0 amide bonds. The first-order valence-corrected chi connectivity index (χ1v) is 11.5. The highest BCUT2D eigenvalue weighted by Crippen LogP contribution is 2.44. The maximum atomic E-state index is 15.0. The van der Waals surface area contributed by atoms with Crippen molar-refractivity contribution in [2.75, 3.05) is 0 Å². The predicted octanol–water partition coefficient (Wildman–Crippen LogP) is 8.09. The molecule has 0 bridgehead atoms. The molecule has 0 N–H and O–H groups in total. The van der Waals surface area contributed by atoms with Crippen LogP contribution in [0.1, 0.15) is 88.2 Å². The number of rotatable bonds is 3. The average Bonchev–Trinajstić information content (AvgIpc) is 2.75. The lowest BCUT2D eigenvalue weighted by atomic mass is 9.73. The molecule has 0 aromatic heterocycles. The summed E-state index contributed by atoms with van der Waals surface area (Å²) in [6.45, 7) is 3.82. The minimum atomic E-state index is -1.58. The van der Waals surface area contributed by atoms with Gasteiger partial charge in [-0.3, -0.25) is 0 Å². The lowest BCUT2D eigenvalue weighted by molar-refractivity contribution is 0.199. The van der Waals surface area contributed by atoms with Crippen molar-refractivity contribution in [1.82, 2.24) is 0 Å². The van der Waals surface area contributed by atoms with Crippen molar-refractivity contribution < 1.29 is 17.6 Å². The Morgan fingerprint density at radius 1 is 0.667 bits per heavy atom. The molecule has 2 fully saturated rings. The Balaban J connectivity index is 1.44. The predicted molar refractivity (Wildman–Crippen MR) is 113 cm³/mol. The Morgan fingerprint density at radius 2 is 1.13 bits per heavy atom. The normalized spacial score (nSPS) is 35.0. The summed E-state index contributed by atoms with van der Waals surface area (Å²) in [5.41, 5.74) is 1.93. The smallest absolute Gasteiger partial charge is 0.162 e. The first-order valence-electron chi connectivity index (χ1n) is 11.5. The van der Waals surface area contributed by atoms with E-state index in [1.165, 1.54) is 0 Å². The van der Waals surface area contributed by atoms with Crippen molar-refractivity contribution in [3.8, 4) is 0 Å².